The molecule has 0 unspecified atom stereocenters. The Labute approximate surface area is 104 Å². The van der Waals surface area contributed by atoms with Crippen LogP contribution in [0.4, 0.5) is 5.69 Å². The van der Waals surface area contributed by atoms with E-state index in [1.54, 1.807) is 0 Å². The lowest BCUT2D eigenvalue weighted by Gasteiger charge is -2.06. The summed E-state index contributed by atoms with van der Waals surface area (Å²) >= 11 is 4.61. The van der Waals surface area contributed by atoms with Crippen LogP contribution in [0.3, 0.4) is 0 Å². The van der Waals surface area contributed by atoms with Gasteiger partial charge in [-0.1, -0.05) is 24.3 Å². The summed E-state index contributed by atoms with van der Waals surface area (Å²) < 4.78 is 2.38. The first-order valence-electron chi connectivity index (χ1n) is 3.82. The second-order valence-electron chi connectivity index (χ2n) is 2.80. The number of anilines is 1. The Morgan fingerprint density at radius 1 is 0.923 bits per heavy atom. The molecule has 0 spiro atoms. The van der Waals surface area contributed by atoms with Gasteiger partial charge in [-0.25, -0.2) is 0 Å². The van der Waals surface area contributed by atoms with Gasteiger partial charge in [-0.05, 0) is 56.6 Å². The SMILES string of the molecule is Nc1c(I)cc(I)c2ccccc12. The molecule has 1 nitrogen and oxygen atoms in total. The summed E-state index contributed by atoms with van der Waals surface area (Å²) in [5.74, 6) is 0. The number of hydrogen-bond donors (Lipinski definition) is 1. The second kappa shape index (κ2) is 3.61. The van der Waals surface area contributed by atoms with Crippen LogP contribution in [0.1, 0.15) is 0 Å². The van der Waals surface area contributed by atoms with Gasteiger partial charge in [-0.2, -0.15) is 0 Å². The Bertz CT molecular complexity index is 466. The lowest BCUT2D eigenvalue weighted by Crippen LogP contribution is -1.92. The number of benzene rings is 2. The molecule has 0 aliphatic heterocycles. The van der Waals surface area contributed by atoms with Crippen LogP contribution >= 0.6 is 45.2 Å². The fourth-order valence-corrected chi connectivity index (χ4v) is 3.30. The molecule has 0 radical (unpaired) electrons. The fourth-order valence-electron chi connectivity index (χ4n) is 1.32. The lowest BCUT2D eigenvalue weighted by molar-refractivity contribution is 1.64. The quantitative estimate of drug-likeness (QED) is 0.536. The van der Waals surface area contributed by atoms with Gasteiger partial charge < -0.3 is 5.73 Å². The Morgan fingerprint density at radius 3 is 2.23 bits per heavy atom. The molecular formula is C10H7I2N. The zero-order valence-electron chi connectivity index (χ0n) is 6.72. The van der Waals surface area contributed by atoms with Gasteiger partial charge in [-0.3, -0.25) is 0 Å². The summed E-state index contributed by atoms with van der Waals surface area (Å²) in [7, 11) is 0. The molecule has 0 amide bonds. The molecule has 0 saturated carbocycles. The van der Waals surface area contributed by atoms with Crippen molar-refractivity contribution in [3.63, 3.8) is 0 Å². The molecule has 0 aliphatic carbocycles. The standard InChI is InChI=1S/C10H7I2N/c11-8-5-9(12)10(13)7-4-2-1-3-6(7)8/h1-5H,13H2. The number of hydrogen-bond acceptors (Lipinski definition) is 1. The molecule has 0 fully saturated rings. The van der Waals surface area contributed by atoms with Crippen LogP contribution in [-0.2, 0) is 0 Å². The highest BCUT2D eigenvalue weighted by molar-refractivity contribution is 14.1. The third-order valence-corrected chi connectivity index (χ3v) is 3.77. The van der Waals surface area contributed by atoms with Crippen molar-refractivity contribution in [2.75, 3.05) is 5.73 Å². The highest BCUT2D eigenvalue weighted by atomic mass is 127. The van der Waals surface area contributed by atoms with Crippen molar-refractivity contribution >= 4 is 61.6 Å². The van der Waals surface area contributed by atoms with E-state index in [1.165, 1.54) is 8.96 Å². The number of rotatable bonds is 0. The molecule has 3 heteroatoms. The van der Waals surface area contributed by atoms with Gasteiger partial charge in [0.1, 0.15) is 0 Å². The first-order valence-corrected chi connectivity index (χ1v) is 5.98. The maximum atomic E-state index is 5.98. The molecule has 2 aromatic carbocycles. The largest absolute Gasteiger partial charge is 0.397 e. The van der Waals surface area contributed by atoms with Gasteiger partial charge >= 0.3 is 0 Å². The predicted molar refractivity (Wildman–Crippen MR) is 73.8 cm³/mol. The number of halogens is 2. The van der Waals surface area contributed by atoms with Gasteiger partial charge in [0.25, 0.3) is 0 Å². The molecule has 0 aliphatic rings. The Balaban J connectivity index is 2.97. The van der Waals surface area contributed by atoms with Crippen LogP contribution in [0.2, 0.25) is 0 Å². The molecule has 2 N–H and O–H groups in total. The minimum Gasteiger partial charge on any atom is -0.397 e. The van der Waals surface area contributed by atoms with Crippen LogP contribution in [-0.4, -0.2) is 0 Å². The topological polar surface area (TPSA) is 26.0 Å². The Morgan fingerprint density at radius 2 is 1.54 bits per heavy atom. The first-order chi connectivity index (χ1) is 6.20. The zero-order chi connectivity index (χ0) is 9.42. The van der Waals surface area contributed by atoms with E-state index in [4.69, 9.17) is 5.73 Å². The predicted octanol–water partition coefficient (Wildman–Crippen LogP) is 3.63. The molecule has 2 aromatic rings. The van der Waals surface area contributed by atoms with Gasteiger partial charge in [0.05, 0.1) is 5.69 Å². The maximum absolute atomic E-state index is 5.98. The summed E-state index contributed by atoms with van der Waals surface area (Å²) in [5.41, 5.74) is 6.86. The average Bonchev–Trinajstić information content (AvgIpc) is 2.15. The molecule has 66 valence electrons. The number of nitrogens with two attached hydrogens (primary N) is 1. The van der Waals surface area contributed by atoms with Gasteiger partial charge in [-0.15, -0.1) is 0 Å². The Kier molecular flexibility index (Phi) is 2.64. The van der Waals surface area contributed by atoms with Crippen LogP contribution in [0.25, 0.3) is 10.8 Å². The number of fused-ring (bicyclic) bond motifs is 1. The van der Waals surface area contributed by atoms with Crippen LogP contribution < -0.4 is 5.73 Å². The van der Waals surface area contributed by atoms with Crippen molar-refractivity contribution < 1.29 is 0 Å². The molecular weight excluding hydrogens is 388 g/mol. The van der Waals surface area contributed by atoms with Crippen LogP contribution in [0, 0.1) is 7.14 Å². The van der Waals surface area contributed by atoms with Crippen molar-refractivity contribution in [3.8, 4) is 0 Å². The molecule has 0 bridgehead atoms. The van der Waals surface area contributed by atoms with E-state index in [0.717, 1.165) is 14.6 Å². The molecule has 13 heavy (non-hydrogen) atoms. The van der Waals surface area contributed by atoms with E-state index >= 15 is 0 Å². The normalized spacial score (nSPS) is 10.6. The molecule has 0 saturated heterocycles. The summed E-state index contributed by atoms with van der Waals surface area (Å²) in [4.78, 5) is 0. The zero-order valence-corrected chi connectivity index (χ0v) is 11.0. The monoisotopic (exact) mass is 395 g/mol. The maximum Gasteiger partial charge on any atom is 0.0530 e. The van der Waals surface area contributed by atoms with Crippen LogP contribution in [0.5, 0.6) is 0 Å². The van der Waals surface area contributed by atoms with E-state index in [9.17, 15) is 0 Å². The summed E-state index contributed by atoms with van der Waals surface area (Å²) in [6, 6.07) is 10.3. The third kappa shape index (κ3) is 1.63. The van der Waals surface area contributed by atoms with E-state index in [1.807, 2.05) is 12.1 Å². The first kappa shape index (κ1) is 9.51. The van der Waals surface area contributed by atoms with Crippen molar-refractivity contribution in [2.24, 2.45) is 0 Å². The molecule has 0 atom stereocenters. The molecule has 0 heterocycles. The Hall–Kier alpha value is -0.0400. The number of nitrogen functional groups attached to an aromatic ring is 1. The summed E-state index contributed by atoms with van der Waals surface area (Å²) in [6.45, 7) is 0. The van der Waals surface area contributed by atoms with E-state index in [2.05, 4.69) is 63.4 Å². The lowest BCUT2D eigenvalue weighted by atomic mass is 10.1. The van der Waals surface area contributed by atoms with E-state index in [0.29, 0.717) is 0 Å². The third-order valence-electron chi connectivity index (χ3n) is 1.99. The van der Waals surface area contributed by atoms with Gasteiger partial charge in [0.15, 0.2) is 0 Å². The van der Waals surface area contributed by atoms with Crippen molar-refractivity contribution in [1.29, 1.82) is 0 Å². The van der Waals surface area contributed by atoms with E-state index in [-0.39, 0.29) is 0 Å². The average molecular weight is 395 g/mol. The molecule has 0 aromatic heterocycles. The second-order valence-corrected chi connectivity index (χ2v) is 5.12. The summed E-state index contributed by atoms with van der Waals surface area (Å²) in [6.07, 6.45) is 0. The van der Waals surface area contributed by atoms with Gasteiger partial charge in [0, 0.05) is 12.5 Å². The van der Waals surface area contributed by atoms with Gasteiger partial charge in [0.2, 0.25) is 0 Å². The minimum atomic E-state index is 0.886. The minimum absolute atomic E-state index is 0.886. The van der Waals surface area contributed by atoms with Crippen molar-refractivity contribution in [1.82, 2.24) is 0 Å². The highest BCUT2D eigenvalue weighted by Crippen LogP contribution is 2.29. The molecule has 2 rings (SSSR count). The van der Waals surface area contributed by atoms with Crippen molar-refractivity contribution in [2.45, 2.75) is 0 Å². The van der Waals surface area contributed by atoms with E-state index < -0.39 is 0 Å². The smallest absolute Gasteiger partial charge is 0.0530 e. The fraction of sp³-hybridized carbons (Fsp3) is 0. The highest BCUT2D eigenvalue weighted by Gasteiger charge is 2.04. The van der Waals surface area contributed by atoms with Crippen molar-refractivity contribution in [3.05, 3.63) is 37.5 Å². The van der Waals surface area contributed by atoms with Crippen LogP contribution in [0.15, 0.2) is 30.3 Å². The summed E-state index contributed by atoms with van der Waals surface area (Å²) in [5, 5.41) is 2.39.